The van der Waals surface area contributed by atoms with Gasteiger partial charge in [0.25, 0.3) is 0 Å². The molecule has 3 rings (SSSR count). The van der Waals surface area contributed by atoms with Crippen molar-refractivity contribution in [2.24, 2.45) is 5.92 Å². The van der Waals surface area contributed by atoms with E-state index in [-0.39, 0.29) is 6.04 Å². The van der Waals surface area contributed by atoms with Crippen molar-refractivity contribution in [2.45, 2.75) is 64.1 Å². The molecule has 0 saturated carbocycles. The summed E-state index contributed by atoms with van der Waals surface area (Å²) in [4.78, 5) is 18.3. The molecule has 0 radical (unpaired) electrons. The number of rotatable bonds is 5. The summed E-state index contributed by atoms with van der Waals surface area (Å²) in [5.74, 6) is 0.855. The summed E-state index contributed by atoms with van der Waals surface area (Å²) in [7, 11) is 0. The van der Waals surface area contributed by atoms with Crippen LogP contribution in [0.3, 0.4) is 0 Å². The molecule has 23 heavy (non-hydrogen) atoms. The largest absolute Gasteiger partial charge is 0.379 e. The van der Waals surface area contributed by atoms with Gasteiger partial charge in [0.2, 0.25) is 5.91 Å². The van der Waals surface area contributed by atoms with Gasteiger partial charge in [0, 0.05) is 31.7 Å². The third-order valence-corrected chi connectivity index (χ3v) is 6.10. The molecule has 0 spiro atoms. The molecule has 0 aromatic carbocycles. The molecule has 132 valence electrons. The first-order chi connectivity index (χ1) is 11.3. The number of fused-ring (bicyclic) bond motifs is 2. The summed E-state index contributed by atoms with van der Waals surface area (Å²) < 4.78 is 5.52. The molecule has 3 saturated heterocycles. The van der Waals surface area contributed by atoms with E-state index < -0.39 is 0 Å². The van der Waals surface area contributed by atoms with E-state index in [0.717, 1.165) is 58.7 Å². The number of hydrogen-bond donors (Lipinski definition) is 1. The van der Waals surface area contributed by atoms with Crippen LogP contribution in [0.1, 0.15) is 46.0 Å². The lowest BCUT2D eigenvalue weighted by atomic mass is 9.91. The molecule has 5 heteroatoms. The van der Waals surface area contributed by atoms with E-state index in [1.165, 1.54) is 12.8 Å². The molecule has 1 N–H and O–H groups in total. The van der Waals surface area contributed by atoms with Gasteiger partial charge >= 0.3 is 0 Å². The minimum atomic E-state index is 0.0510. The Morgan fingerprint density at radius 1 is 1.13 bits per heavy atom. The van der Waals surface area contributed by atoms with Crippen LogP contribution in [0.5, 0.6) is 0 Å². The minimum Gasteiger partial charge on any atom is -0.379 e. The van der Waals surface area contributed by atoms with Crippen LogP contribution < -0.4 is 5.32 Å². The highest BCUT2D eigenvalue weighted by Gasteiger charge is 2.43. The van der Waals surface area contributed by atoms with Crippen molar-refractivity contribution in [3.8, 4) is 0 Å². The van der Waals surface area contributed by atoms with Crippen LogP contribution in [0.4, 0.5) is 0 Å². The third-order valence-electron chi connectivity index (χ3n) is 6.10. The monoisotopic (exact) mass is 323 g/mol. The molecule has 1 amide bonds. The molecule has 2 bridgehead atoms. The first-order valence-electron chi connectivity index (χ1n) is 9.60. The van der Waals surface area contributed by atoms with Gasteiger partial charge in [-0.25, -0.2) is 0 Å². The zero-order chi connectivity index (χ0) is 16.2. The van der Waals surface area contributed by atoms with E-state index in [1.807, 2.05) is 0 Å². The van der Waals surface area contributed by atoms with Crippen LogP contribution in [0, 0.1) is 5.92 Å². The molecule has 3 unspecified atom stereocenters. The van der Waals surface area contributed by atoms with Crippen LogP contribution in [0.25, 0.3) is 0 Å². The van der Waals surface area contributed by atoms with Crippen molar-refractivity contribution < 1.29 is 9.53 Å². The molecule has 3 heterocycles. The average Bonchev–Trinajstić information content (AvgIpc) is 2.85. The number of hydrogen-bond acceptors (Lipinski definition) is 4. The van der Waals surface area contributed by atoms with Gasteiger partial charge < -0.3 is 15.0 Å². The van der Waals surface area contributed by atoms with E-state index in [1.54, 1.807) is 0 Å². The van der Waals surface area contributed by atoms with E-state index in [4.69, 9.17) is 4.74 Å². The summed E-state index contributed by atoms with van der Waals surface area (Å²) in [6, 6.07) is 0.920. The minimum absolute atomic E-state index is 0.0510. The average molecular weight is 323 g/mol. The fourth-order valence-corrected chi connectivity index (χ4v) is 4.74. The molecule has 0 aliphatic carbocycles. The molecule has 3 fully saturated rings. The second kappa shape index (κ2) is 7.95. The molecule has 0 aromatic rings. The topological polar surface area (TPSA) is 44.8 Å². The maximum absolute atomic E-state index is 13.6. The standard InChI is InChI=1S/C18H33N3O2/c1-3-14(4-2)17(20-9-11-23-12-10-20)18(22)21-15-5-6-16(21)13-19-8-7-15/h14-17,19H,3-13H2,1-2H3. The van der Waals surface area contributed by atoms with Gasteiger partial charge in [0.1, 0.15) is 0 Å². The van der Waals surface area contributed by atoms with Gasteiger partial charge in [0.15, 0.2) is 0 Å². The van der Waals surface area contributed by atoms with Gasteiger partial charge in [-0.1, -0.05) is 26.7 Å². The lowest BCUT2D eigenvalue weighted by molar-refractivity contribution is -0.144. The predicted octanol–water partition coefficient (Wildman–Crippen LogP) is 1.48. The SMILES string of the molecule is CCC(CC)C(C(=O)N1C2CCNCC1CC2)N1CCOCC1. The normalized spacial score (nSPS) is 30.5. The zero-order valence-electron chi connectivity index (χ0n) is 14.8. The number of carbonyl (C=O) groups excluding carboxylic acids is 1. The highest BCUT2D eigenvalue weighted by molar-refractivity contribution is 5.83. The van der Waals surface area contributed by atoms with Gasteiger partial charge in [-0.05, 0) is 31.7 Å². The fourth-order valence-electron chi connectivity index (χ4n) is 4.74. The summed E-state index contributed by atoms with van der Waals surface area (Å²) in [5, 5.41) is 3.51. The number of nitrogens with one attached hydrogen (secondary N) is 1. The fraction of sp³-hybridized carbons (Fsp3) is 0.944. The second-order valence-corrected chi connectivity index (χ2v) is 7.29. The Bertz CT molecular complexity index is 380. The number of morpholine rings is 1. The van der Waals surface area contributed by atoms with Crippen molar-refractivity contribution in [2.75, 3.05) is 39.4 Å². The lowest BCUT2D eigenvalue weighted by Gasteiger charge is -2.41. The zero-order valence-corrected chi connectivity index (χ0v) is 14.8. The Morgan fingerprint density at radius 3 is 2.52 bits per heavy atom. The second-order valence-electron chi connectivity index (χ2n) is 7.29. The van der Waals surface area contributed by atoms with Gasteiger partial charge in [-0.15, -0.1) is 0 Å². The molecular weight excluding hydrogens is 290 g/mol. The predicted molar refractivity (Wildman–Crippen MR) is 91.4 cm³/mol. The lowest BCUT2D eigenvalue weighted by Crippen LogP contribution is -2.57. The van der Waals surface area contributed by atoms with Crippen molar-refractivity contribution >= 4 is 5.91 Å². The molecule has 0 aromatic heterocycles. The van der Waals surface area contributed by atoms with Crippen LogP contribution >= 0.6 is 0 Å². The van der Waals surface area contributed by atoms with Crippen molar-refractivity contribution in [3.05, 3.63) is 0 Å². The summed E-state index contributed by atoms with van der Waals surface area (Å²) in [6.07, 6.45) is 5.62. The first-order valence-corrected chi connectivity index (χ1v) is 9.60. The van der Waals surface area contributed by atoms with E-state index in [9.17, 15) is 4.79 Å². The van der Waals surface area contributed by atoms with Gasteiger partial charge in [0.05, 0.1) is 19.3 Å². The van der Waals surface area contributed by atoms with E-state index >= 15 is 0 Å². The van der Waals surface area contributed by atoms with Crippen molar-refractivity contribution in [1.82, 2.24) is 15.1 Å². The van der Waals surface area contributed by atoms with E-state index in [0.29, 0.717) is 23.9 Å². The molecule has 3 aliphatic heterocycles. The summed E-state index contributed by atoms with van der Waals surface area (Å²) in [6.45, 7) is 9.81. The highest BCUT2D eigenvalue weighted by Crippen LogP contribution is 2.32. The Kier molecular flexibility index (Phi) is 5.94. The third kappa shape index (κ3) is 3.57. The number of ether oxygens (including phenoxy) is 1. The maximum atomic E-state index is 13.6. The van der Waals surface area contributed by atoms with E-state index in [2.05, 4.69) is 29.0 Å². The quantitative estimate of drug-likeness (QED) is 0.832. The van der Waals surface area contributed by atoms with Crippen molar-refractivity contribution in [3.63, 3.8) is 0 Å². The molecule has 3 aliphatic rings. The highest BCUT2D eigenvalue weighted by atomic mass is 16.5. The molecular formula is C18H33N3O2. The Morgan fingerprint density at radius 2 is 1.83 bits per heavy atom. The van der Waals surface area contributed by atoms with Gasteiger partial charge in [-0.3, -0.25) is 9.69 Å². The molecule has 5 nitrogen and oxygen atoms in total. The summed E-state index contributed by atoms with van der Waals surface area (Å²) >= 11 is 0. The van der Waals surface area contributed by atoms with Crippen LogP contribution in [-0.2, 0) is 9.53 Å². The van der Waals surface area contributed by atoms with Crippen LogP contribution in [-0.4, -0.2) is 73.2 Å². The first kappa shape index (κ1) is 17.2. The Balaban J connectivity index is 1.81. The van der Waals surface area contributed by atoms with Gasteiger partial charge in [-0.2, -0.15) is 0 Å². The van der Waals surface area contributed by atoms with Crippen LogP contribution in [0.15, 0.2) is 0 Å². The molecule has 3 atom stereocenters. The number of carbonyl (C=O) groups is 1. The maximum Gasteiger partial charge on any atom is 0.240 e. The smallest absolute Gasteiger partial charge is 0.240 e. The van der Waals surface area contributed by atoms with Crippen molar-refractivity contribution in [1.29, 1.82) is 0 Å². The van der Waals surface area contributed by atoms with Crippen LogP contribution in [0.2, 0.25) is 0 Å². The Labute approximate surface area is 140 Å². The summed E-state index contributed by atoms with van der Waals surface area (Å²) in [5.41, 5.74) is 0. The number of amides is 1. The number of nitrogens with zero attached hydrogens (tertiary/aromatic N) is 2. The Hall–Kier alpha value is -0.650.